The highest BCUT2D eigenvalue weighted by Crippen LogP contribution is 2.14. The molecule has 0 saturated heterocycles. The Morgan fingerprint density at radius 2 is 1.69 bits per heavy atom. The summed E-state index contributed by atoms with van der Waals surface area (Å²) >= 11 is 0. The average Bonchev–Trinajstić information content (AvgIpc) is 2.72. The first-order valence-corrected chi connectivity index (χ1v) is 10.2. The predicted molar refractivity (Wildman–Crippen MR) is 113 cm³/mol. The van der Waals surface area contributed by atoms with Crippen LogP contribution in [0.15, 0.2) is 48.5 Å². The molecule has 0 aliphatic carbocycles. The predicted octanol–water partition coefficient (Wildman–Crippen LogP) is 1.46. The van der Waals surface area contributed by atoms with Crippen molar-refractivity contribution in [3.05, 3.63) is 71.3 Å². The van der Waals surface area contributed by atoms with E-state index in [4.69, 9.17) is 4.74 Å². The Kier molecular flexibility index (Phi) is 10.2. The standard InChI is InChI=1S/C23H28F2N2O5/c1-15(29)26-21(9-17-7-18(24)10-19(25)8-17)22(30)11-20(12-28)27-23(31)14-32-13-16-5-3-2-4-6-16/h2-8,10,20-22,28,30H,9,11-14H2,1H3,(H,26,29)(H,27,31)/t20?,21-,22-/m0/s1. The number of hydrogen-bond acceptors (Lipinski definition) is 5. The van der Waals surface area contributed by atoms with Crippen LogP contribution >= 0.6 is 0 Å². The minimum atomic E-state index is -1.20. The van der Waals surface area contributed by atoms with E-state index < -0.39 is 48.2 Å². The molecule has 2 aromatic carbocycles. The molecule has 32 heavy (non-hydrogen) atoms. The highest BCUT2D eigenvalue weighted by molar-refractivity contribution is 5.77. The number of nitrogens with one attached hydrogen (secondary N) is 2. The van der Waals surface area contributed by atoms with Crippen LogP contribution in [-0.4, -0.2) is 53.4 Å². The van der Waals surface area contributed by atoms with Crippen molar-refractivity contribution in [3.63, 3.8) is 0 Å². The van der Waals surface area contributed by atoms with E-state index in [-0.39, 0.29) is 31.6 Å². The molecular formula is C23H28F2N2O5. The molecule has 0 radical (unpaired) electrons. The van der Waals surface area contributed by atoms with Gasteiger partial charge in [0.15, 0.2) is 0 Å². The van der Waals surface area contributed by atoms with Gasteiger partial charge in [0.1, 0.15) is 18.2 Å². The number of carbonyl (C=O) groups is 2. The van der Waals surface area contributed by atoms with Crippen LogP contribution in [0.3, 0.4) is 0 Å². The fraction of sp³-hybridized carbons (Fsp3) is 0.391. The van der Waals surface area contributed by atoms with Gasteiger partial charge >= 0.3 is 0 Å². The van der Waals surface area contributed by atoms with E-state index in [1.165, 1.54) is 6.92 Å². The molecule has 0 fully saturated rings. The largest absolute Gasteiger partial charge is 0.394 e. The van der Waals surface area contributed by atoms with E-state index in [2.05, 4.69) is 10.6 Å². The maximum atomic E-state index is 13.5. The van der Waals surface area contributed by atoms with Crippen molar-refractivity contribution in [1.82, 2.24) is 10.6 Å². The van der Waals surface area contributed by atoms with Crippen LogP contribution in [-0.2, 0) is 27.4 Å². The Labute approximate surface area is 185 Å². The highest BCUT2D eigenvalue weighted by Gasteiger charge is 2.25. The Morgan fingerprint density at radius 3 is 2.28 bits per heavy atom. The molecule has 9 heteroatoms. The Morgan fingerprint density at radius 1 is 1.03 bits per heavy atom. The van der Waals surface area contributed by atoms with Crippen molar-refractivity contribution in [2.75, 3.05) is 13.2 Å². The van der Waals surface area contributed by atoms with Crippen molar-refractivity contribution in [2.24, 2.45) is 0 Å². The highest BCUT2D eigenvalue weighted by atomic mass is 19.1. The number of halogens is 2. The summed E-state index contributed by atoms with van der Waals surface area (Å²) in [7, 11) is 0. The van der Waals surface area contributed by atoms with Gasteiger partial charge in [-0.15, -0.1) is 0 Å². The fourth-order valence-corrected chi connectivity index (χ4v) is 3.27. The zero-order valence-electron chi connectivity index (χ0n) is 17.8. The monoisotopic (exact) mass is 450 g/mol. The number of rotatable bonds is 12. The number of aliphatic hydroxyl groups excluding tert-OH is 2. The van der Waals surface area contributed by atoms with E-state index in [0.29, 0.717) is 0 Å². The lowest BCUT2D eigenvalue weighted by molar-refractivity contribution is -0.127. The molecule has 1 unspecified atom stereocenters. The first-order chi connectivity index (χ1) is 15.3. The van der Waals surface area contributed by atoms with Gasteiger partial charge in [-0.05, 0) is 36.1 Å². The van der Waals surface area contributed by atoms with Crippen molar-refractivity contribution in [2.45, 2.75) is 44.6 Å². The third kappa shape index (κ3) is 9.09. The molecule has 0 aliphatic rings. The van der Waals surface area contributed by atoms with Crippen molar-refractivity contribution < 1.29 is 33.3 Å². The summed E-state index contributed by atoms with van der Waals surface area (Å²) in [6, 6.07) is 10.6. The minimum absolute atomic E-state index is 0.0400. The summed E-state index contributed by atoms with van der Waals surface area (Å²) < 4.78 is 32.3. The van der Waals surface area contributed by atoms with Gasteiger partial charge in [-0.2, -0.15) is 0 Å². The lowest BCUT2D eigenvalue weighted by Gasteiger charge is -2.27. The van der Waals surface area contributed by atoms with Gasteiger partial charge in [0.05, 0.1) is 31.4 Å². The third-order valence-corrected chi connectivity index (χ3v) is 4.69. The molecule has 2 aromatic rings. The number of ether oxygens (including phenoxy) is 1. The first kappa shape index (κ1) is 25.4. The molecule has 4 N–H and O–H groups in total. The zero-order valence-corrected chi connectivity index (χ0v) is 17.8. The Hall–Kier alpha value is -2.88. The van der Waals surface area contributed by atoms with Crippen LogP contribution in [0.2, 0.25) is 0 Å². The van der Waals surface area contributed by atoms with E-state index >= 15 is 0 Å². The summed E-state index contributed by atoms with van der Waals surface area (Å²) in [5, 5.41) is 25.3. The van der Waals surface area contributed by atoms with Gasteiger partial charge in [-0.1, -0.05) is 30.3 Å². The van der Waals surface area contributed by atoms with Gasteiger partial charge in [0.2, 0.25) is 11.8 Å². The van der Waals surface area contributed by atoms with E-state index in [9.17, 15) is 28.6 Å². The second-order valence-corrected chi connectivity index (χ2v) is 7.52. The van der Waals surface area contributed by atoms with E-state index in [0.717, 1.165) is 23.8 Å². The molecule has 174 valence electrons. The molecule has 0 spiro atoms. The minimum Gasteiger partial charge on any atom is -0.394 e. The molecule has 0 heterocycles. The van der Waals surface area contributed by atoms with Crippen LogP contribution in [0.4, 0.5) is 8.78 Å². The summed E-state index contributed by atoms with van der Waals surface area (Å²) in [6.45, 7) is 0.804. The third-order valence-electron chi connectivity index (χ3n) is 4.69. The molecule has 7 nitrogen and oxygen atoms in total. The fourth-order valence-electron chi connectivity index (χ4n) is 3.27. The van der Waals surface area contributed by atoms with E-state index in [1.54, 1.807) is 0 Å². The molecular weight excluding hydrogens is 422 g/mol. The quantitative estimate of drug-likeness (QED) is 0.392. The SMILES string of the molecule is CC(=O)N[C@@H](Cc1cc(F)cc(F)c1)[C@@H](O)CC(CO)NC(=O)COCc1ccccc1. The van der Waals surface area contributed by atoms with Gasteiger partial charge in [0, 0.05) is 13.0 Å². The van der Waals surface area contributed by atoms with Crippen LogP contribution in [0.5, 0.6) is 0 Å². The molecule has 0 aliphatic heterocycles. The molecule has 2 rings (SSSR count). The number of carbonyl (C=O) groups excluding carboxylic acids is 2. The lowest BCUT2D eigenvalue weighted by atomic mass is 9.96. The summed E-state index contributed by atoms with van der Waals surface area (Å²) in [5.74, 6) is -2.46. The Balaban J connectivity index is 1.91. The number of amides is 2. The van der Waals surface area contributed by atoms with Gasteiger partial charge in [-0.3, -0.25) is 9.59 Å². The van der Waals surface area contributed by atoms with Crippen molar-refractivity contribution >= 4 is 11.8 Å². The lowest BCUT2D eigenvalue weighted by Crippen LogP contribution is -2.49. The number of hydrogen-bond donors (Lipinski definition) is 4. The summed E-state index contributed by atoms with van der Waals surface area (Å²) in [4.78, 5) is 23.7. The average molecular weight is 450 g/mol. The Bertz CT molecular complexity index is 862. The summed E-state index contributed by atoms with van der Waals surface area (Å²) in [5.41, 5.74) is 1.15. The van der Waals surface area contributed by atoms with Crippen molar-refractivity contribution in [3.8, 4) is 0 Å². The maximum absolute atomic E-state index is 13.5. The van der Waals surface area contributed by atoms with Gasteiger partial charge in [0.25, 0.3) is 0 Å². The normalized spacial score (nSPS) is 13.8. The number of benzene rings is 2. The van der Waals surface area contributed by atoms with Crippen LogP contribution in [0, 0.1) is 11.6 Å². The maximum Gasteiger partial charge on any atom is 0.246 e. The molecule has 0 aromatic heterocycles. The smallest absolute Gasteiger partial charge is 0.246 e. The van der Waals surface area contributed by atoms with Crippen LogP contribution in [0.1, 0.15) is 24.5 Å². The van der Waals surface area contributed by atoms with Crippen molar-refractivity contribution in [1.29, 1.82) is 0 Å². The molecule has 0 saturated carbocycles. The molecule has 2 amide bonds. The second kappa shape index (κ2) is 12.8. The number of aliphatic hydroxyl groups is 2. The topological polar surface area (TPSA) is 108 Å². The first-order valence-electron chi connectivity index (χ1n) is 10.2. The molecule has 3 atom stereocenters. The second-order valence-electron chi connectivity index (χ2n) is 7.52. The molecule has 0 bridgehead atoms. The summed E-state index contributed by atoms with van der Waals surface area (Å²) in [6.07, 6.45) is -1.33. The van der Waals surface area contributed by atoms with E-state index in [1.807, 2.05) is 30.3 Å². The zero-order chi connectivity index (χ0) is 23.5. The van der Waals surface area contributed by atoms with Gasteiger partial charge < -0.3 is 25.6 Å². The van der Waals surface area contributed by atoms with Crippen LogP contribution < -0.4 is 10.6 Å². The van der Waals surface area contributed by atoms with Gasteiger partial charge in [-0.25, -0.2) is 8.78 Å². The van der Waals surface area contributed by atoms with Crippen LogP contribution in [0.25, 0.3) is 0 Å².